The number of nitro groups is 1. The molecular weight excluding hydrogens is 380 g/mol. The number of hydrogen-bond acceptors (Lipinski definition) is 6. The molecule has 0 fully saturated rings. The number of aliphatic hydroxyl groups excluding tert-OH is 1. The number of aryl methyl sites for hydroxylation is 1. The maximum absolute atomic E-state index is 13.2. The third-order valence-corrected chi connectivity index (χ3v) is 5.62. The lowest BCUT2D eigenvalue weighted by molar-refractivity contribution is -0.384. The van der Waals surface area contributed by atoms with Crippen LogP contribution in [0, 0.1) is 24.0 Å². The first-order valence-electron chi connectivity index (χ1n) is 8.54. The number of aliphatic hydroxyl groups is 1. The molecule has 28 heavy (non-hydrogen) atoms. The molecule has 0 aliphatic carbocycles. The van der Waals surface area contributed by atoms with Crippen LogP contribution in [0.3, 0.4) is 0 Å². The Morgan fingerprint density at radius 3 is 2.36 bits per heavy atom. The molecule has 0 radical (unpaired) electrons. The lowest BCUT2D eigenvalue weighted by Crippen LogP contribution is -2.32. The van der Waals surface area contributed by atoms with Crippen LogP contribution in [0.25, 0.3) is 5.57 Å². The highest BCUT2D eigenvalue weighted by atomic mass is 32.2. The number of carbonyl (C=O) groups excluding carboxylic acids is 2. The van der Waals surface area contributed by atoms with Crippen molar-refractivity contribution in [3.8, 4) is 0 Å². The molecule has 2 aromatic rings. The molecule has 1 aliphatic heterocycles. The van der Waals surface area contributed by atoms with E-state index in [1.54, 1.807) is 12.1 Å². The zero-order valence-electron chi connectivity index (χ0n) is 15.3. The molecule has 144 valence electrons. The highest BCUT2D eigenvalue weighted by Crippen LogP contribution is 2.39. The van der Waals surface area contributed by atoms with Gasteiger partial charge in [-0.05, 0) is 48.7 Å². The molecule has 2 amide bonds. The molecular formula is C20H18N2O5S. The topological polar surface area (TPSA) is 101 Å². The van der Waals surface area contributed by atoms with E-state index < -0.39 is 16.7 Å². The molecule has 0 aromatic heterocycles. The van der Waals surface area contributed by atoms with Gasteiger partial charge in [0.15, 0.2) is 0 Å². The molecule has 1 N–H and O–H groups in total. The van der Waals surface area contributed by atoms with Gasteiger partial charge in [0.2, 0.25) is 0 Å². The lowest BCUT2D eigenvalue weighted by Gasteiger charge is -2.19. The van der Waals surface area contributed by atoms with E-state index in [0.717, 1.165) is 27.8 Å². The zero-order chi connectivity index (χ0) is 20.4. The summed E-state index contributed by atoms with van der Waals surface area (Å²) >= 11 is 1.10. The molecule has 7 nitrogen and oxygen atoms in total. The normalized spacial score (nSPS) is 14.2. The third kappa shape index (κ3) is 3.44. The standard InChI is InChI=1S/C20H18N2O5S/c1-12-4-3-5-16(13(12)2)21-19(24)17(18(20(21)25)28-11-10-23)14-6-8-15(9-7-14)22(26)27/h3-9,23H,10-11H2,1-2H3. The van der Waals surface area contributed by atoms with Crippen LogP contribution in [-0.2, 0) is 9.59 Å². The molecule has 0 unspecified atom stereocenters. The van der Waals surface area contributed by atoms with Crippen molar-refractivity contribution in [2.75, 3.05) is 17.3 Å². The summed E-state index contributed by atoms with van der Waals surface area (Å²) in [4.78, 5) is 38.0. The van der Waals surface area contributed by atoms with E-state index in [4.69, 9.17) is 5.11 Å². The van der Waals surface area contributed by atoms with Crippen molar-refractivity contribution >= 4 is 40.5 Å². The van der Waals surface area contributed by atoms with Crippen LogP contribution in [0.4, 0.5) is 11.4 Å². The second kappa shape index (κ2) is 7.95. The SMILES string of the molecule is Cc1cccc(N2C(=O)C(SCCO)=C(c3ccc([N+](=O)[O-])cc3)C2=O)c1C. The van der Waals surface area contributed by atoms with E-state index in [-0.39, 0.29) is 28.5 Å². The zero-order valence-corrected chi connectivity index (χ0v) is 16.2. The van der Waals surface area contributed by atoms with Crippen molar-refractivity contribution in [2.45, 2.75) is 13.8 Å². The van der Waals surface area contributed by atoms with Crippen LogP contribution in [0.2, 0.25) is 0 Å². The number of thioether (sulfide) groups is 1. The van der Waals surface area contributed by atoms with Crippen molar-refractivity contribution in [1.29, 1.82) is 0 Å². The average molecular weight is 398 g/mol. The molecule has 0 saturated carbocycles. The number of nitro benzene ring substituents is 1. The number of benzene rings is 2. The van der Waals surface area contributed by atoms with E-state index in [1.165, 1.54) is 24.3 Å². The van der Waals surface area contributed by atoms with Gasteiger partial charge in [0.1, 0.15) is 0 Å². The van der Waals surface area contributed by atoms with E-state index in [9.17, 15) is 19.7 Å². The summed E-state index contributed by atoms with van der Waals surface area (Å²) in [5.74, 6) is -0.677. The van der Waals surface area contributed by atoms with E-state index >= 15 is 0 Å². The van der Waals surface area contributed by atoms with Crippen LogP contribution >= 0.6 is 11.8 Å². The Morgan fingerprint density at radius 2 is 1.75 bits per heavy atom. The van der Waals surface area contributed by atoms with Crippen molar-refractivity contribution < 1.29 is 19.6 Å². The van der Waals surface area contributed by atoms with Gasteiger partial charge in [-0.2, -0.15) is 0 Å². The van der Waals surface area contributed by atoms with Gasteiger partial charge in [-0.3, -0.25) is 19.7 Å². The Labute approximate surface area is 165 Å². The molecule has 0 saturated heterocycles. The fourth-order valence-electron chi connectivity index (χ4n) is 2.99. The number of rotatable bonds is 6. The summed E-state index contributed by atoms with van der Waals surface area (Å²) in [5.41, 5.74) is 2.80. The van der Waals surface area contributed by atoms with Gasteiger partial charge in [-0.15, -0.1) is 11.8 Å². The van der Waals surface area contributed by atoms with Gasteiger partial charge in [0, 0.05) is 17.9 Å². The molecule has 3 rings (SSSR count). The minimum absolute atomic E-state index is 0.0999. The fourth-order valence-corrected chi connectivity index (χ4v) is 3.85. The molecule has 1 aliphatic rings. The van der Waals surface area contributed by atoms with E-state index in [2.05, 4.69) is 0 Å². The number of amides is 2. The summed E-state index contributed by atoms with van der Waals surface area (Å²) in [7, 11) is 0. The molecule has 0 spiro atoms. The van der Waals surface area contributed by atoms with Gasteiger partial charge in [0.25, 0.3) is 17.5 Å². The smallest absolute Gasteiger partial charge is 0.272 e. The Balaban J connectivity index is 2.10. The number of imide groups is 1. The van der Waals surface area contributed by atoms with Gasteiger partial charge in [-0.25, -0.2) is 4.90 Å². The molecule has 8 heteroatoms. The van der Waals surface area contributed by atoms with Gasteiger partial charge < -0.3 is 5.11 Å². The Bertz CT molecular complexity index is 998. The molecule has 2 aromatic carbocycles. The van der Waals surface area contributed by atoms with Crippen molar-refractivity contribution in [3.05, 3.63) is 74.2 Å². The average Bonchev–Trinajstić information content (AvgIpc) is 2.92. The number of nitrogens with zero attached hydrogens (tertiary/aromatic N) is 2. The van der Waals surface area contributed by atoms with E-state index in [0.29, 0.717) is 11.3 Å². The summed E-state index contributed by atoms with van der Waals surface area (Å²) in [6.07, 6.45) is 0. The summed E-state index contributed by atoms with van der Waals surface area (Å²) < 4.78 is 0. The first-order valence-corrected chi connectivity index (χ1v) is 9.53. The highest BCUT2D eigenvalue weighted by molar-refractivity contribution is 8.04. The number of non-ortho nitro benzene ring substituents is 1. The summed E-state index contributed by atoms with van der Waals surface area (Å²) in [6.45, 7) is 3.60. The minimum Gasteiger partial charge on any atom is -0.396 e. The lowest BCUT2D eigenvalue weighted by atomic mass is 10.0. The van der Waals surface area contributed by atoms with Crippen LogP contribution in [0.5, 0.6) is 0 Å². The fraction of sp³-hybridized carbons (Fsp3) is 0.200. The van der Waals surface area contributed by atoms with Crippen LogP contribution in [0.1, 0.15) is 16.7 Å². The Morgan fingerprint density at radius 1 is 1.07 bits per heavy atom. The first kappa shape index (κ1) is 19.8. The maximum atomic E-state index is 13.2. The second-order valence-electron chi connectivity index (χ2n) is 6.24. The molecule has 0 bridgehead atoms. The maximum Gasteiger partial charge on any atom is 0.272 e. The van der Waals surface area contributed by atoms with Gasteiger partial charge in [-0.1, -0.05) is 12.1 Å². The Hall–Kier alpha value is -2.97. The van der Waals surface area contributed by atoms with E-state index in [1.807, 2.05) is 19.9 Å². The quantitative estimate of drug-likeness (QED) is 0.455. The summed E-state index contributed by atoms with van der Waals surface area (Å²) in [5, 5.41) is 20.1. The van der Waals surface area contributed by atoms with Crippen LogP contribution < -0.4 is 4.90 Å². The van der Waals surface area contributed by atoms with Gasteiger partial charge in [0.05, 0.1) is 27.7 Å². The largest absolute Gasteiger partial charge is 0.396 e. The highest BCUT2D eigenvalue weighted by Gasteiger charge is 2.40. The van der Waals surface area contributed by atoms with Crippen molar-refractivity contribution in [3.63, 3.8) is 0 Å². The Kier molecular flexibility index (Phi) is 5.62. The van der Waals surface area contributed by atoms with Crippen LogP contribution in [0.15, 0.2) is 47.4 Å². The van der Waals surface area contributed by atoms with Crippen molar-refractivity contribution in [1.82, 2.24) is 0 Å². The number of carbonyl (C=O) groups is 2. The molecule has 0 atom stereocenters. The third-order valence-electron chi connectivity index (χ3n) is 4.56. The van der Waals surface area contributed by atoms with Gasteiger partial charge >= 0.3 is 0 Å². The molecule has 1 heterocycles. The first-order chi connectivity index (χ1) is 13.4. The van der Waals surface area contributed by atoms with Crippen molar-refractivity contribution in [2.24, 2.45) is 0 Å². The number of anilines is 1. The van der Waals surface area contributed by atoms with Crippen LogP contribution in [-0.4, -0.2) is 34.2 Å². The predicted molar refractivity (Wildman–Crippen MR) is 108 cm³/mol. The summed E-state index contributed by atoms with van der Waals surface area (Å²) in [6, 6.07) is 10.9. The minimum atomic E-state index is -0.524. The second-order valence-corrected chi connectivity index (χ2v) is 7.35. The predicted octanol–water partition coefficient (Wildman–Crippen LogP) is 3.22. The number of hydrogen-bond donors (Lipinski definition) is 1. The monoisotopic (exact) mass is 398 g/mol.